The monoisotopic (exact) mass is 711 g/mol. The number of aliphatic carboxylic acids is 2. The molecule has 0 aliphatic heterocycles. The molecule has 7 N–H and O–H groups in total. The lowest BCUT2D eigenvalue weighted by atomic mass is 10.0. The smallest absolute Gasteiger partial charge is 0.326 e. The number of hydrogen-bond acceptors (Lipinski definition) is 7. The number of carbonyl (C=O) groups is 6. The van der Waals surface area contributed by atoms with E-state index in [0.717, 1.165) is 64.2 Å². The van der Waals surface area contributed by atoms with Crippen molar-refractivity contribution < 1.29 is 39.0 Å². The van der Waals surface area contributed by atoms with E-state index in [1.807, 2.05) is 0 Å². The van der Waals surface area contributed by atoms with Crippen LogP contribution in [-0.4, -0.2) is 70.8 Å². The highest BCUT2D eigenvalue weighted by Crippen LogP contribution is 2.14. The van der Waals surface area contributed by atoms with Gasteiger partial charge >= 0.3 is 11.9 Å². The van der Waals surface area contributed by atoms with Gasteiger partial charge in [-0.15, -0.1) is 0 Å². The Hall–Kier alpha value is -3.02. The number of ketones is 1. The fourth-order valence-corrected chi connectivity index (χ4v) is 5.75. The number of amides is 3. The molecule has 0 saturated carbocycles. The molecule has 0 spiro atoms. The Morgan fingerprint density at radius 1 is 0.480 bits per heavy atom. The Kier molecular flexibility index (Phi) is 31.1. The number of nitrogens with two attached hydrogens (primary N) is 1. The Labute approximate surface area is 301 Å². The molecule has 290 valence electrons. The van der Waals surface area contributed by atoms with E-state index in [0.29, 0.717) is 38.8 Å². The van der Waals surface area contributed by atoms with Gasteiger partial charge in [0.1, 0.15) is 11.8 Å². The van der Waals surface area contributed by atoms with Crippen LogP contribution in [0.5, 0.6) is 0 Å². The summed E-state index contributed by atoms with van der Waals surface area (Å²) in [6, 6.07) is -1.52. The zero-order valence-electron chi connectivity index (χ0n) is 31.1. The van der Waals surface area contributed by atoms with Gasteiger partial charge in [0.25, 0.3) is 0 Å². The quantitative estimate of drug-likeness (QED) is 0.0402. The first-order valence-electron chi connectivity index (χ1n) is 19.6. The maximum Gasteiger partial charge on any atom is 0.326 e. The van der Waals surface area contributed by atoms with Crippen molar-refractivity contribution in [3.8, 4) is 0 Å². The third kappa shape index (κ3) is 32.2. The highest BCUT2D eigenvalue weighted by atomic mass is 16.4. The molecule has 3 amide bonds. The number of unbranched alkanes of at least 4 members (excludes halogenated alkanes) is 18. The summed E-state index contributed by atoms with van der Waals surface area (Å²) in [6.45, 7) is 2.48. The lowest BCUT2D eigenvalue weighted by molar-refractivity contribution is -0.142. The molecular formula is C38H70N4O8. The van der Waals surface area contributed by atoms with Crippen molar-refractivity contribution in [3.63, 3.8) is 0 Å². The first kappa shape index (κ1) is 47.0. The number of Topliss-reactive ketones (excluding diaryl/α,β-unsaturated/α-hetero) is 1. The van der Waals surface area contributed by atoms with Gasteiger partial charge in [-0.25, -0.2) is 4.79 Å². The predicted molar refractivity (Wildman–Crippen MR) is 197 cm³/mol. The fraction of sp³-hybridized carbons (Fsp3) is 0.842. The molecule has 0 aromatic heterocycles. The number of carboxylic acid groups (broad SMARTS) is 2. The number of carboxylic acids is 2. The second-order valence-electron chi connectivity index (χ2n) is 13.8. The van der Waals surface area contributed by atoms with Crippen molar-refractivity contribution >= 4 is 35.4 Å². The number of nitrogens with one attached hydrogen (secondary N) is 3. The van der Waals surface area contributed by atoms with Crippen LogP contribution in [0.25, 0.3) is 0 Å². The zero-order chi connectivity index (χ0) is 37.2. The van der Waals surface area contributed by atoms with Crippen LogP contribution in [0.3, 0.4) is 0 Å². The Bertz CT molecular complexity index is 946. The Morgan fingerprint density at radius 2 is 0.860 bits per heavy atom. The number of hydrogen-bond donors (Lipinski definition) is 6. The lowest BCUT2D eigenvalue weighted by Gasteiger charge is -2.14. The largest absolute Gasteiger partial charge is 0.481 e. The summed E-state index contributed by atoms with van der Waals surface area (Å²) in [7, 11) is 0. The molecule has 0 unspecified atom stereocenters. The van der Waals surface area contributed by atoms with Crippen molar-refractivity contribution in [1.29, 1.82) is 0 Å². The van der Waals surface area contributed by atoms with Crippen LogP contribution in [0.4, 0.5) is 0 Å². The maximum absolute atomic E-state index is 12.3. The zero-order valence-corrected chi connectivity index (χ0v) is 31.1. The molecule has 12 nitrogen and oxygen atoms in total. The first-order chi connectivity index (χ1) is 24.0. The van der Waals surface area contributed by atoms with Gasteiger partial charge in [-0.2, -0.15) is 0 Å². The molecule has 0 aromatic rings. The molecule has 0 bridgehead atoms. The van der Waals surface area contributed by atoms with E-state index in [2.05, 4.69) is 16.0 Å². The second-order valence-corrected chi connectivity index (χ2v) is 13.8. The minimum Gasteiger partial charge on any atom is -0.481 e. The van der Waals surface area contributed by atoms with Gasteiger partial charge in [0, 0.05) is 38.8 Å². The average Bonchev–Trinajstić information content (AvgIpc) is 3.06. The summed E-state index contributed by atoms with van der Waals surface area (Å²) < 4.78 is 0. The summed E-state index contributed by atoms with van der Waals surface area (Å²) in [5, 5.41) is 26.3. The number of rotatable bonds is 36. The molecule has 0 radical (unpaired) electrons. The fourth-order valence-electron chi connectivity index (χ4n) is 5.75. The minimum absolute atomic E-state index is 0.00848. The topological polar surface area (TPSA) is 205 Å². The van der Waals surface area contributed by atoms with E-state index in [4.69, 9.17) is 10.8 Å². The molecule has 0 aromatic carbocycles. The summed E-state index contributed by atoms with van der Waals surface area (Å²) in [4.78, 5) is 69.7. The summed E-state index contributed by atoms with van der Waals surface area (Å²) in [5.74, 6) is -2.44. The van der Waals surface area contributed by atoms with Crippen LogP contribution in [0.2, 0.25) is 0 Å². The molecule has 50 heavy (non-hydrogen) atoms. The molecule has 12 heteroatoms. The summed E-state index contributed by atoms with van der Waals surface area (Å²) >= 11 is 0. The molecule has 0 rings (SSSR count). The van der Waals surface area contributed by atoms with Gasteiger partial charge in [-0.1, -0.05) is 96.3 Å². The van der Waals surface area contributed by atoms with Crippen molar-refractivity contribution in [2.24, 2.45) is 5.73 Å². The molecule has 0 aliphatic rings. The number of carbonyl (C=O) groups excluding carboxylic acids is 4. The highest BCUT2D eigenvalue weighted by Gasteiger charge is 2.20. The van der Waals surface area contributed by atoms with Crippen molar-refractivity contribution in [3.05, 3.63) is 0 Å². The van der Waals surface area contributed by atoms with E-state index in [9.17, 15) is 33.9 Å². The van der Waals surface area contributed by atoms with Crippen LogP contribution >= 0.6 is 0 Å². The average molecular weight is 711 g/mol. The summed E-state index contributed by atoms with van der Waals surface area (Å²) in [6.07, 6.45) is 23.5. The van der Waals surface area contributed by atoms with Crippen LogP contribution in [-0.2, 0) is 28.8 Å². The SMILES string of the molecule is CC(=O)[C@@H](N)CCCCNC(=O)CCCCCNC(=O)CC[C@H](NC(=O)CCCCCCCCCCCCCCCCCCC(=O)O)C(=O)O. The molecular weight excluding hydrogens is 640 g/mol. The summed E-state index contributed by atoms with van der Waals surface area (Å²) in [5.41, 5.74) is 5.69. The van der Waals surface area contributed by atoms with Gasteiger partial charge in [-0.05, 0) is 58.3 Å². The second kappa shape index (κ2) is 33.1. The standard InChI is InChI=1S/C38H70N4O8/c1-31(43)32(39)23-20-22-30-40-34(44)24-18-16-21-29-41-35(45)28-27-33(38(49)50)42-36(46)25-17-14-12-10-8-6-4-2-3-5-7-9-11-13-15-19-26-37(47)48/h32-33H,2-30,39H2,1H3,(H,40,44)(H,41,45)(H,42,46)(H,47,48)(H,49,50)/t32-,33-/m0/s1. The molecule has 2 atom stereocenters. The Morgan fingerprint density at radius 3 is 1.30 bits per heavy atom. The van der Waals surface area contributed by atoms with E-state index >= 15 is 0 Å². The van der Waals surface area contributed by atoms with E-state index in [1.54, 1.807) is 0 Å². The van der Waals surface area contributed by atoms with Gasteiger partial charge in [-0.3, -0.25) is 24.0 Å². The van der Waals surface area contributed by atoms with E-state index in [-0.39, 0.29) is 49.2 Å². The first-order valence-corrected chi connectivity index (χ1v) is 19.6. The molecule has 0 heterocycles. The van der Waals surface area contributed by atoms with Gasteiger partial charge in [0.2, 0.25) is 17.7 Å². The van der Waals surface area contributed by atoms with Crippen molar-refractivity contribution in [2.45, 2.75) is 192 Å². The van der Waals surface area contributed by atoms with Gasteiger partial charge in [0.15, 0.2) is 0 Å². The highest BCUT2D eigenvalue weighted by molar-refractivity contribution is 5.84. The Balaban J connectivity index is 3.69. The third-order valence-corrected chi connectivity index (χ3v) is 9.03. The van der Waals surface area contributed by atoms with Crippen LogP contribution in [0.1, 0.15) is 180 Å². The molecule has 0 aliphatic carbocycles. The van der Waals surface area contributed by atoms with E-state index in [1.165, 1.54) is 64.7 Å². The predicted octanol–water partition coefficient (Wildman–Crippen LogP) is 6.32. The van der Waals surface area contributed by atoms with Crippen molar-refractivity contribution in [1.82, 2.24) is 16.0 Å². The van der Waals surface area contributed by atoms with E-state index < -0.39 is 24.0 Å². The van der Waals surface area contributed by atoms with Crippen LogP contribution in [0, 0.1) is 0 Å². The van der Waals surface area contributed by atoms with Gasteiger partial charge < -0.3 is 31.9 Å². The maximum atomic E-state index is 12.3. The van der Waals surface area contributed by atoms with Crippen LogP contribution < -0.4 is 21.7 Å². The molecule has 0 fully saturated rings. The van der Waals surface area contributed by atoms with Crippen LogP contribution in [0.15, 0.2) is 0 Å². The van der Waals surface area contributed by atoms with Gasteiger partial charge in [0.05, 0.1) is 6.04 Å². The molecule has 0 saturated heterocycles. The lowest BCUT2D eigenvalue weighted by Crippen LogP contribution is -2.41. The van der Waals surface area contributed by atoms with Crippen molar-refractivity contribution in [2.75, 3.05) is 13.1 Å². The minimum atomic E-state index is -1.14. The normalized spacial score (nSPS) is 12.2. The third-order valence-electron chi connectivity index (χ3n) is 9.03.